The van der Waals surface area contributed by atoms with Crippen LogP contribution in [0.15, 0.2) is 29.2 Å². The maximum atomic E-state index is 12.4. The molecule has 1 heterocycles. The fourth-order valence-electron chi connectivity index (χ4n) is 2.91. The van der Waals surface area contributed by atoms with Crippen LogP contribution in [0.3, 0.4) is 0 Å². The van der Waals surface area contributed by atoms with Gasteiger partial charge in [-0.25, -0.2) is 17.9 Å². The average molecular weight is 382 g/mol. The molecule has 0 spiro atoms. The third-order valence-corrected chi connectivity index (χ3v) is 6.08. The van der Waals surface area contributed by atoms with Gasteiger partial charge in [0.15, 0.2) is 0 Å². The molecule has 1 aliphatic carbocycles. The standard InChI is InChI=1S/C17H22N2O6S/c20-16(18-15(17(21)22)12-2-1-9-25-10-12)11-3-7-14(8-4-11)26(23,24)19-13-5-6-13/h3-4,7-8,12-13,15,19H,1-2,5-6,9-10H2,(H,18,20)(H,21,22). The van der Waals surface area contributed by atoms with E-state index in [1.807, 2.05) is 0 Å². The summed E-state index contributed by atoms with van der Waals surface area (Å²) in [5.74, 6) is -1.95. The summed E-state index contributed by atoms with van der Waals surface area (Å²) < 4.78 is 32.1. The highest BCUT2D eigenvalue weighted by atomic mass is 32.2. The zero-order valence-electron chi connectivity index (χ0n) is 14.2. The van der Waals surface area contributed by atoms with Crippen LogP contribution in [-0.2, 0) is 19.6 Å². The summed E-state index contributed by atoms with van der Waals surface area (Å²) in [4.78, 5) is 24.0. The molecular formula is C17H22N2O6S. The summed E-state index contributed by atoms with van der Waals surface area (Å²) >= 11 is 0. The highest BCUT2D eigenvalue weighted by molar-refractivity contribution is 7.89. The second kappa shape index (κ2) is 7.73. The first-order valence-electron chi connectivity index (χ1n) is 8.60. The Hall–Kier alpha value is -1.97. The highest BCUT2D eigenvalue weighted by Crippen LogP contribution is 2.22. The minimum atomic E-state index is -3.59. The van der Waals surface area contributed by atoms with Crippen molar-refractivity contribution in [2.45, 2.75) is 42.7 Å². The summed E-state index contributed by atoms with van der Waals surface area (Å²) in [5, 5.41) is 11.9. The fourth-order valence-corrected chi connectivity index (χ4v) is 4.21. The largest absolute Gasteiger partial charge is 0.480 e. The Morgan fingerprint density at radius 2 is 1.85 bits per heavy atom. The third-order valence-electron chi connectivity index (χ3n) is 4.55. The van der Waals surface area contributed by atoms with Crippen molar-refractivity contribution in [3.63, 3.8) is 0 Å². The Bertz CT molecular complexity index is 767. The number of ether oxygens (including phenoxy) is 1. The number of amides is 1. The molecule has 3 N–H and O–H groups in total. The molecule has 0 aromatic heterocycles. The number of carboxylic acids is 1. The molecule has 1 amide bonds. The van der Waals surface area contributed by atoms with Gasteiger partial charge in [0, 0.05) is 24.1 Å². The van der Waals surface area contributed by atoms with Gasteiger partial charge in [0.1, 0.15) is 6.04 Å². The van der Waals surface area contributed by atoms with Crippen molar-refractivity contribution >= 4 is 21.9 Å². The van der Waals surface area contributed by atoms with E-state index < -0.39 is 27.9 Å². The molecule has 1 saturated heterocycles. The number of sulfonamides is 1. The Morgan fingerprint density at radius 3 is 2.38 bits per heavy atom. The lowest BCUT2D eigenvalue weighted by Gasteiger charge is -2.28. The average Bonchev–Trinajstić information content (AvgIpc) is 3.43. The number of carbonyl (C=O) groups is 2. The topological polar surface area (TPSA) is 122 Å². The minimum absolute atomic E-state index is 0.00277. The molecule has 1 aliphatic heterocycles. The maximum Gasteiger partial charge on any atom is 0.326 e. The van der Waals surface area contributed by atoms with E-state index in [1.165, 1.54) is 24.3 Å². The Balaban J connectivity index is 1.67. The van der Waals surface area contributed by atoms with Crippen molar-refractivity contribution in [2.75, 3.05) is 13.2 Å². The van der Waals surface area contributed by atoms with E-state index in [0.29, 0.717) is 19.6 Å². The SMILES string of the molecule is O=C(NC(C(=O)O)C1CCCOC1)c1ccc(S(=O)(=O)NC2CC2)cc1. The van der Waals surface area contributed by atoms with Crippen molar-refractivity contribution < 1.29 is 27.9 Å². The number of hydrogen-bond acceptors (Lipinski definition) is 5. The second-order valence-electron chi connectivity index (χ2n) is 6.69. The van der Waals surface area contributed by atoms with E-state index in [1.54, 1.807) is 0 Å². The summed E-state index contributed by atoms with van der Waals surface area (Å²) in [6.45, 7) is 0.892. The van der Waals surface area contributed by atoms with Crippen molar-refractivity contribution in [2.24, 2.45) is 5.92 Å². The van der Waals surface area contributed by atoms with E-state index in [0.717, 1.165) is 19.3 Å². The molecule has 9 heteroatoms. The van der Waals surface area contributed by atoms with Gasteiger partial charge in [0.2, 0.25) is 10.0 Å². The molecule has 2 fully saturated rings. The van der Waals surface area contributed by atoms with Crippen LogP contribution >= 0.6 is 0 Å². The number of nitrogens with one attached hydrogen (secondary N) is 2. The lowest BCUT2D eigenvalue weighted by Crippen LogP contribution is -2.48. The number of benzene rings is 1. The van der Waals surface area contributed by atoms with E-state index in [-0.39, 0.29) is 22.4 Å². The van der Waals surface area contributed by atoms with Gasteiger partial charge in [-0.1, -0.05) is 0 Å². The van der Waals surface area contributed by atoms with Crippen LogP contribution < -0.4 is 10.0 Å². The first kappa shape index (κ1) is 18.8. The van der Waals surface area contributed by atoms with Crippen molar-refractivity contribution in [3.8, 4) is 0 Å². The lowest BCUT2D eigenvalue weighted by molar-refractivity contribution is -0.142. The Labute approximate surface area is 152 Å². The molecule has 2 atom stereocenters. The van der Waals surface area contributed by atoms with Gasteiger partial charge in [-0.3, -0.25) is 4.79 Å². The first-order chi connectivity index (χ1) is 12.4. The molecule has 142 valence electrons. The summed E-state index contributed by atoms with van der Waals surface area (Å²) in [6.07, 6.45) is 3.09. The first-order valence-corrected chi connectivity index (χ1v) is 10.1. The number of rotatable bonds is 7. The molecule has 1 saturated carbocycles. The summed E-state index contributed by atoms with van der Waals surface area (Å²) in [6, 6.07) is 4.41. The molecule has 2 unspecified atom stereocenters. The van der Waals surface area contributed by atoms with Gasteiger partial charge >= 0.3 is 5.97 Å². The van der Waals surface area contributed by atoms with Crippen LogP contribution in [0, 0.1) is 5.92 Å². The smallest absolute Gasteiger partial charge is 0.326 e. The zero-order chi connectivity index (χ0) is 18.7. The van der Waals surface area contributed by atoms with Crippen LogP contribution in [0.1, 0.15) is 36.0 Å². The van der Waals surface area contributed by atoms with Gasteiger partial charge in [0.25, 0.3) is 5.91 Å². The van der Waals surface area contributed by atoms with Gasteiger partial charge in [0.05, 0.1) is 11.5 Å². The molecule has 1 aromatic rings. The predicted molar refractivity (Wildman–Crippen MR) is 92.2 cm³/mol. The van der Waals surface area contributed by atoms with Gasteiger partial charge < -0.3 is 15.2 Å². The van der Waals surface area contributed by atoms with Crippen LogP contribution in [0.25, 0.3) is 0 Å². The van der Waals surface area contributed by atoms with Crippen molar-refractivity contribution in [1.29, 1.82) is 0 Å². The quantitative estimate of drug-likeness (QED) is 0.639. The highest BCUT2D eigenvalue weighted by Gasteiger charge is 2.32. The molecule has 26 heavy (non-hydrogen) atoms. The molecule has 0 bridgehead atoms. The Kier molecular flexibility index (Phi) is 5.59. The summed E-state index contributed by atoms with van der Waals surface area (Å²) in [7, 11) is -3.59. The van der Waals surface area contributed by atoms with E-state index in [9.17, 15) is 23.1 Å². The summed E-state index contributed by atoms with van der Waals surface area (Å²) in [5.41, 5.74) is 0.207. The zero-order valence-corrected chi connectivity index (χ0v) is 15.0. The van der Waals surface area contributed by atoms with Gasteiger partial charge in [-0.15, -0.1) is 0 Å². The molecular weight excluding hydrogens is 360 g/mol. The molecule has 0 radical (unpaired) electrons. The molecule has 2 aliphatic rings. The maximum absolute atomic E-state index is 12.4. The van der Waals surface area contributed by atoms with Crippen molar-refractivity contribution in [3.05, 3.63) is 29.8 Å². The van der Waals surface area contributed by atoms with Crippen LogP contribution in [0.4, 0.5) is 0 Å². The molecule has 8 nitrogen and oxygen atoms in total. The molecule has 1 aromatic carbocycles. The Morgan fingerprint density at radius 1 is 1.15 bits per heavy atom. The predicted octanol–water partition coefficient (Wildman–Crippen LogP) is 0.737. The van der Waals surface area contributed by atoms with Gasteiger partial charge in [-0.2, -0.15) is 0 Å². The van der Waals surface area contributed by atoms with E-state index >= 15 is 0 Å². The monoisotopic (exact) mass is 382 g/mol. The second-order valence-corrected chi connectivity index (χ2v) is 8.40. The van der Waals surface area contributed by atoms with E-state index in [4.69, 9.17) is 4.74 Å². The fraction of sp³-hybridized carbons (Fsp3) is 0.529. The van der Waals surface area contributed by atoms with Crippen LogP contribution in [0.5, 0.6) is 0 Å². The van der Waals surface area contributed by atoms with E-state index in [2.05, 4.69) is 10.0 Å². The van der Waals surface area contributed by atoms with Crippen LogP contribution in [0.2, 0.25) is 0 Å². The van der Waals surface area contributed by atoms with Gasteiger partial charge in [-0.05, 0) is 49.9 Å². The van der Waals surface area contributed by atoms with Crippen LogP contribution in [-0.4, -0.2) is 50.7 Å². The number of hydrogen-bond donors (Lipinski definition) is 3. The normalized spacial score (nSPS) is 21.8. The minimum Gasteiger partial charge on any atom is -0.480 e. The van der Waals surface area contributed by atoms with Crippen molar-refractivity contribution in [1.82, 2.24) is 10.0 Å². The third kappa shape index (κ3) is 4.60. The number of carbonyl (C=O) groups excluding carboxylic acids is 1. The number of carboxylic acid groups (broad SMARTS) is 1. The lowest BCUT2D eigenvalue weighted by atomic mass is 9.93. The number of aliphatic carboxylic acids is 1. The molecule has 3 rings (SSSR count).